The molecule has 70 valence electrons. The van der Waals surface area contributed by atoms with Crippen molar-refractivity contribution in [3.8, 4) is 0 Å². The Morgan fingerprint density at radius 2 is 2.17 bits per heavy atom. The van der Waals surface area contributed by atoms with Crippen LogP contribution in [-0.2, 0) is 9.53 Å². The molecule has 0 amide bonds. The minimum Gasteiger partial charge on any atom is -0.480 e. The fraction of sp³-hybridized carbons (Fsp3) is 0.875. The van der Waals surface area contributed by atoms with Crippen molar-refractivity contribution in [1.29, 1.82) is 0 Å². The first-order valence-electron chi connectivity index (χ1n) is 4.16. The molecule has 1 fully saturated rings. The van der Waals surface area contributed by atoms with Crippen molar-refractivity contribution in [3.05, 3.63) is 0 Å². The lowest BCUT2D eigenvalue weighted by Crippen LogP contribution is -2.40. The molecule has 3 unspecified atom stereocenters. The lowest BCUT2D eigenvalue weighted by molar-refractivity contribution is -0.140. The molecule has 4 heteroatoms. The van der Waals surface area contributed by atoms with Crippen molar-refractivity contribution in [2.75, 3.05) is 0 Å². The Kier molecular flexibility index (Phi) is 2.69. The van der Waals surface area contributed by atoms with E-state index >= 15 is 0 Å². The minimum atomic E-state index is -0.842. The van der Waals surface area contributed by atoms with Crippen molar-refractivity contribution in [2.24, 2.45) is 5.92 Å². The van der Waals surface area contributed by atoms with Gasteiger partial charge in [0.25, 0.3) is 0 Å². The highest BCUT2D eigenvalue weighted by atomic mass is 16.5. The average Bonchev–Trinajstić information content (AvgIpc) is 2.30. The van der Waals surface area contributed by atoms with Crippen molar-refractivity contribution in [1.82, 2.24) is 5.32 Å². The lowest BCUT2D eigenvalue weighted by Gasteiger charge is -2.13. The van der Waals surface area contributed by atoms with Crippen LogP contribution in [0.1, 0.15) is 20.8 Å². The summed E-state index contributed by atoms with van der Waals surface area (Å²) in [5.74, 6) is -0.539. The summed E-state index contributed by atoms with van der Waals surface area (Å²) in [5, 5.41) is 11.7. The SMILES string of the molecule is CC(C)C1NC(C(=O)O)C(C)O1. The topological polar surface area (TPSA) is 58.6 Å². The second-order valence-corrected chi connectivity index (χ2v) is 3.49. The Labute approximate surface area is 71.9 Å². The van der Waals surface area contributed by atoms with Crippen LogP contribution in [0.3, 0.4) is 0 Å². The van der Waals surface area contributed by atoms with Crippen LogP contribution in [0, 0.1) is 5.92 Å². The summed E-state index contributed by atoms with van der Waals surface area (Å²) in [6.45, 7) is 5.76. The van der Waals surface area contributed by atoms with Gasteiger partial charge in [0, 0.05) is 0 Å². The second kappa shape index (κ2) is 3.41. The van der Waals surface area contributed by atoms with Gasteiger partial charge in [-0.15, -0.1) is 0 Å². The normalized spacial score (nSPS) is 35.8. The highest BCUT2D eigenvalue weighted by Gasteiger charge is 2.37. The fourth-order valence-electron chi connectivity index (χ4n) is 1.28. The molecule has 1 aliphatic heterocycles. The van der Waals surface area contributed by atoms with E-state index in [2.05, 4.69) is 5.32 Å². The van der Waals surface area contributed by atoms with Gasteiger partial charge in [0.15, 0.2) is 0 Å². The molecule has 1 rings (SSSR count). The zero-order valence-electron chi connectivity index (χ0n) is 7.57. The molecule has 0 aromatic heterocycles. The van der Waals surface area contributed by atoms with Crippen LogP contribution in [0.2, 0.25) is 0 Å². The smallest absolute Gasteiger partial charge is 0.323 e. The summed E-state index contributed by atoms with van der Waals surface area (Å²) >= 11 is 0. The molecule has 3 atom stereocenters. The molecule has 0 aromatic carbocycles. The first-order valence-corrected chi connectivity index (χ1v) is 4.16. The molecule has 1 heterocycles. The Hall–Kier alpha value is -0.610. The van der Waals surface area contributed by atoms with Crippen molar-refractivity contribution in [3.63, 3.8) is 0 Å². The van der Waals surface area contributed by atoms with Gasteiger partial charge < -0.3 is 9.84 Å². The summed E-state index contributed by atoms with van der Waals surface area (Å²) in [6, 6.07) is -0.558. The number of carbonyl (C=O) groups is 1. The highest BCUT2D eigenvalue weighted by Crippen LogP contribution is 2.17. The van der Waals surface area contributed by atoms with Crippen LogP contribution < -0.4 is 5.32 Å². The summed E-state index contributed by atoms with van der Waals surface area (Å²) in [6.07, 6.45) is -0.365. The summed E-state index contributed by atoms with van der Waals surface area (Å²) in [5.41, 5.74) is 0. The van der Waals surface area contributed by atoms with Crippen LogP contribution in [0.5, 0.6) is 0 Å². The first-order chi connectivity index (χ1) is 5.52. The van der Waals surface area contributed by atoms with E-state index in [1.807, 2.05) is 13.8 Å². The van der Waals surface area contributed by atoms with Gasteiger partial charge in [-0.2, -0.15) is 0 Å². The number of carboxylic acids is 1. The molecule has 1 aliphatic rings. The third-order valence-electron chi connectivity index (χ3n) is 2.05. The minimum absolute atomic E-state index is 0.124. The van der Waals surface area contributed by atoms with E-state index in [0.717, 1.165) is 0 Å². The third kappa shape index (κ3) is 1.76. The van der Waals surface area contributed by atoms with Gasteiger partial charge in [-0.05, 0) is 12.8 Å². The van der Waals surface area contributed by atoms with Gasteiger partial charge in [-0.25, -0.2) is 0 Å². The van der Waals surface area contributed by atoms with Gasteiger partial charge >= 0.3 is 5.97 Å². The van der Waals surface area contributed by atoms with Gasteiger partial charge in [-0.3, -0.25) is 10.1 Å². The van der Waals surface area contributed by atoms with Crippen LogP contribution in [0.15, 0.2) is 0 Å². The Bertz CT molecular complexity index is 181. The zero-order valence-corrected chi connectivity index (χ0v) is 7.57. The van der Waals surface area contributed by atoms with Crippen LogP contribution in [-0.4, -0.2) is 29.4 Å². The predicted molar refractivity (Wildman–Crippen MR) is 43.7 cm³/mol. The van der Waals surface area contributed by atoms with Gasteiger partial charge in [0.2, 0.25) is 0 Å². The number of hydrogen-bond donors (Lipinski definition) is 2. The largest absolute Gasteiger partial charge is 0.480 e. The first kappa shape index (κ1) is 9.48. The predicted octanol–water partition coefficient (Wildman–Crippen LogP) is 0.430. The van der Waals surface area contributed by atoms with Crippen LogP contribution >= 0.6 is 0 Å². The number of hydrogen-bond acceptors (Lipinski definition) is 3. The van der Waals surface area contributed by atoms with Gasteiger partial charge in [-0.1, -0.05) is 13.8 Å². The van der Waals surface area contributed by atoms with Crippen molar-refractivity contribution < 1.29 is 14.6 Å². The Morgan fingerprint density at radius 1 is 1.58 bits per heavy atom. The Morgan fingerprint density at radius 3 is 2.42 bits per heavy atom. The monoisotopic (exact) mass is 173 g/mol. The summed E-state index contributed by atoms with van der Waals surface area (Å²) < 4.78 is 5.40. The molecule has 0 aromatic rings. The molecule has 0 saturated carbocycles. The molecular formula is C8H15NO3. The number of carboxylic acid groups (broad SMARTS) is 1. The van der Waals surface area contributed by atoms with E-state index in [1.165, 1.54) is 0 Å². The van der Waals surface area contributed by atoms with Gasteiger partial charge in [0.1, 0.15) is 12.3 Å². The maximum Gasteiger partial charge on any atom is 0.323 e. The molecule has 0 aliphatic carbocycles. The standard InChI is InChI=1S/C8H15NO3/c1-4(2)7-9-6(8(10)11)5(3)12-7/h4-7,9H,1-3H3,(H,10,11). The lowest BCUT2D eigenvalue weighted by atomic mass is 10.2. The highest BCUT2D eigenvalue weighted by molar-refractivity contribution is 5.74. The van der Waals surface area contributed by atoms with Crippen LogP contribution in [0.25, 0.3) is 0 Å². The number of ether oxygens (including phenoxy) is 1. The second-order valence-electron chi connectivity index (χ2n) is 3.49. The third-order valence-corrected chi connectivity index (χ3v) is 2.05. The molecule has 0 spiro atoms. The molecule has 12 heavy (non-hydrogen) atoms. The van der Waals surface area contributed by atoms with E-state index in [-0.39, 0.29) is 12.3 Å². The summed E-state index contributed by atoms with van der Waals surface area (Å²) in [4.78, 5) is 10.6. The maximum atomic E-state index is 10.6. The molecular weight excluding hydrogens is 158 g/mol. The molecule has 1 saturated heterocycles. The quantitative estimate of drug-likeness (QED) is 0.635. The van der Waals surface area contributed by atoms with E-state index in [1.54, 1.807) is 6.92 Å². The molecule has 0 radical (unpaired) electrons. The van der Waals surface area contributed by atoms with E-state index < -0.39 is 12.0 Å². The van der Waals surface area contributed by atoms with E-state index in [4.69, 9.17) is 9.84 Å². The van der Waals surface area contributed by atoms with E-state index in [9.17, 15) is 4.79 Å². The maximum absolute atomic E-state index is 10.6. The van der Waals surface area contributed by atoms with E-state index in [0.29, 0.717) is 5.92 Å². The zero-order chi connectivity index (χ0) is 9.30. The fourth-order valence-corrected chi connectivity index (χ4v) is 1.28. The average molecular weight is 173 g/mol. The molecule has 2 N–H and O–H groups in total. The Balaban J connectivity index is 2.56. The number of nitrogens with one attached hydrogen (secondary N) is 1. The summed E-state index contributed by atoms with van der Waals surface area (Å²) in [7, 11) is 0. The van der Waals surface area contributed by atoms with Crippen LogP contribution in [0.4, 0.5) is 0 Å². The molecule has 0 bridgehead atoms. The van der Waals surface area contributed by atoms with Crippen molar-refractivity contribution in [2.45, 2.75) is 39.1 Å². The van der Waals surface area contributed by atoms with Crippen molar-refractivity contribution >= 4 is 5.97 Å². The molecule has 4 nitrogen and oxygen atoms in total. The van der Waals surface area contributed by atoms with Gasteiger partial charge in [0.05, 0.1) is 6.10 Å². The number of aliphatic carboxylic acids is 1. The number of rotatable bonds is 2.